The van der Waals surface area contributed by atoms with Crippen molar-refractivity contribution in [3.63, 3.8) is 0 Å². The molecule has 0 bridgehead atoms. The maximum Gasteiger partial charge on any atom is 0.225 e. The highest BCUT2D eigenvalue weighted by molar-refractivity contribution is 5.78. The highest BCUT2D eigenvalue weighted by Crippen LogP contribution is 2.14. The van der Waals surface area contributed by atoms with Crippen molar-refractivity contribution in [3.05, 3.63) is 30.5 Å². The molecular weight excluding hydrogens is 212 g/mol. The summed E-state index contributed by atoms with van der Waals surface area (Å²) in [5.74, 6) is 0.774. The first kappa shape index (κ1) is 11.8. The zero-order valence-corrected chi connectivity index (χ0v) is 10.1. The molecule has 4 heteroatoms. The summed E-state index contributed by atoms with van der Waals surface area (Å²) < 4.78 is 0. The fourth-order valence-corrected chi connectivity index (χ4v) is 1.85. The molecule has 0 fully saturated rings. The van der Waals surface area contributed by atoms with Gasteiger partial charge < -0.3 is 10.6 Å². The van der Waals surface area contributed by atoms with E-state index in [1.165, 1.54) is 0 Å². The van der Waals surface area contributed by atoms with Crippen molar-refractivity contribution in [1.29, 1.82) is 0 Å². The number of hydrogen-bond donors (Lipinski definition) is 1. The van der Waals surface area contributed by atoms with E-state index in [1.807, 2.05) is 30.5 Å². The van der Waals surface area contributed by atoms with E-state index < -0.39 is 0 Å². The number of hydrogen-bond acceptors (Lipinski definition) is 4. The zero-order chi connectivity index (χ0) is 12.1. The van der Waals surface area contributed by atoms with Crippen LogP contribution in [0.25, 0.3) is 10.9 Å². The predicted molar refractivity (Wildman–Crippen MR) is 71.1 cm³/mol. The summed E-state index contributed by atoms with van der Waals surface area (Å²) in [6.45, 7) is 4.50. The molecule has 0 amide bonds. The summed E-state index contributed by atoms with van der Waals surface area (Å²) in [6, 6.07) is 8.01. The monoisotopic (exact) mass is 230 g/mol. The van der Waals surface area contributed by atoms with Gasteiger partial charge >= 0.3 is 0 Å². The number of fused-ring (bicyclic) bond motifs is 1. The fraction of sp³-hybridized carbons (Fsp3) is 0.385. The van der Waals surface area contributed by atoms with E-state index in [0.29, 0.717) is 6.54 Å². The minimum Gasteiger partial charge on any atom is -0.340 e. The van der Waals surface area contributed by atoms with E-state index in [4.69, 9.17) is 5.73 Å². The number of nitrogens with zero attached hydrogens (tertiary/aromatic N) is 3. The van der Waals surface area contributed by atoms with Gasteiger partial charge in [-0.2, -0.15) is 0 Å². The van der Waals surface area contributed by atoms with Crippen molar-refractivity contribution in [2.24, 2.45) is 5.73 Å². The van der Waals surface area contributed by atoms with E-state index in [-0.39, 0.29) is 0 Å². The quantitative estimate of drug-likeness (QED) is 0.851. The first-order valence-electron chi connectivity index (χ1n) is 6.02. The van der Waals surface area contributed by atoms with Crippen molar-refractivity contribution in [2.75, 3.05) is 24.5 Å². The topological polar surface area (TPSA) is 55.0 Å². The second-order valence-corrected chi connectivity index (χ2v) is 4.00. The Kier molecular flexibility index (Phi) is 3.88. The molecule has 2 aromatic rings. The lowest BCUT2D eigenvalue weighted by atomic mass is 10.2. The molecule has 0 saturated heterocycles. The van der Waals surface area contributed by atoms with Crippen LogP contribution in [0.2, 0.25) is 0 Å². The Labute approximate surface area is 101 Å². The van der Waals surface area contributed by atoms with Gasteiger partial charge in [-0.1, -0.05) is 25.1 Å². The van der Waals surface area contributed by atoms with Crippen molar-refractivity contribution < 1.29 is 0 Å². The molecule has 0 saturated carbocycles. The van der Waals surface area contributed by atoms with E-state index >= 15 is 0 Å². The first-order chi connectivity index (χ1) is 8.35. The molecular formula is C13H18N4. The lowest BCUT2D eigenvalue weighted by Crippen LogP contribution is -2.31. The van der Waals surface area contributed by atoms with Crippen LogP contribution in [0.4, 0.5) is 5.95 Å². The molecule has 0 radical (unpaired) electrons. The molecule has 17 heavy (non-hydrogen) atoms. The summed E-state index contributed by atoms with van der Waals surface area (Å²) in [5, 5.41) is 1.07. The van der Waals surface area contributed by atoms with Crippen LogP contribution >= 0.6 is 0 Å². The van der Waals surface area contributed by atoms with Crippen LogP contribution in [0.5, 0.6) is 0 Å². The molecule has 0 atom stereocenters. The van der Waals surface area contributed by atoms with E-state index in [2.05, 4.69) is 21.8 Å². The number of aromatic nitrogens is 2. The van der Waals surface area contributed by atoms with Gasteiger partial charge in [0, 0.05) is 31.2 Å². The third kappa shape index (κ3) is 2.71. The largest absolute Gasteiger partial charge is 0.340 e. The molecule has 0 aliphatic rings. The summed E-state index contributed by atoms with van der Waals surface area (Å²) in [5.41, 5.74) is 6.59. The molecule has 1 aromatic heterocycles. The van der Waals surface area contributed by atoms with Crippen molar-refractivity contribution >= 4 is 16.9 Å². The van der Waals surface area contributed by atoms with Gasteiger partial charge in [-0.3, -0.25) is 0 Å². The minimum absolute atomic E-state index is 0.621. The van der Waals surface area contributed by atoms with Crippen LogP contribution in [-0.2, 0) is 0 Å². The summed E-state index contributed by atoms with van der Waals surface area (Å²) >= 11 is 0. The number of para-hydroxylation sites is 1. The minimum atomic E-state index is 0.621. The van der Waals surface area contributed by atoms with Crippen LogP contribution in [0, 0.1) is 0 Å². The third-order valence-corrected chi connectivity index (χ3v) is 2.65. The average molecular weight is 230 g/mol. The van der Waals surface area contributed by atoms with Crippen LogP contribution in [0.1, 0.15) is 13.3 Å². The molecule has 0 aliphatic carbocycles. The van der Waals surface area contributed by atoms with Gasteiger partial charge in [0.15, 0.2) is 0 Å². The van der Waals surface area contributed by atoms with Gasteiger partial charge in [-0.15, -0.1) is 0 Å². The predicted octanol–water partition coefficient (Wildman–Crippen LogP) is 1.80. The summed E-state index contributed by atoms with van der Waals surface area (Å²) in [6.07, 6.45) is 2.94. The van der Waals surface area contributed by atoms with Crippen LogP contribution < -0.4 is 10.6 Å². The second kappa shape index (κ2) is 5.59. The normalized spacial score (nSPS) is 10.7. The molecule has 1 heterocycles. The standard InChI is InChI=1S/C13H18N4/c1-2-8-17(9-7-14)13-15-10-11-5-3-4-6-12(11)16-13/h3-6,10H,2,7-9,14H2,1H3. The lowest BCUT2D eigenvalue weighted by Gasteiger charge is -2.21. The Morgan fingerprint density at radius 1 is 1.24 bits per heavy atom. The molecule has 2 N–H and O–H groups in total. The van der Waals surface area contributed by atoms with Gasteiger partial charge in [0.25, 0.3) is 0 Å². The van der Waals surface area contributed by atoms with Crippen LogP contribution in [-0.4, -0.2) is 29.6 Å². The number of anilines is 1. The van der Waals surface area contributed by atoms with Gasteiger partial charge in [0.2, 0.25) is 5.95 Å². The third-order valence-electron chi connectivity index (χ3n) is 2.65. The number of nitrogens with two attached hydrogens (primary N) is 1. The molecule has 4 nitrogen and oxygen atoms in total. The maximum absolute atomic E-state index is 5.61. The molecule has 2 rings (SSSR count). The molecule has 0 spiro atoms. The van der Waals surface area contributed by atoms with Crippen molar-refractivity contribution in [3.8, 4) is 0 Å². The molecule has 0 unspecified atom stereocenters. The second-order valence-electron chi connectivity index (χ2n) is 4.00. The fourth-order valence-electron chi connectivity index (χ4n) is 1.85. The lowest BCUT2D eigenvalue weighted by molar-refractivity contribution is 0.739. The smallest absolute Gasteiger partial charge is 0.225 e. The van der Waals surface area contributed by atoms with Gasteiger partial charge in [0.1, 0.15) is 0 Å². The average Bonchev–Trinajstić information content (AvgIpc) is 2.38. The highest BCUT2D eigenvalue weighted by atomic mass is 15.2. The molecule has 1 aromatic carbocycles. The highest BCUT2D eigenvalue weighted by Gasteiger charge is 2.08. The van der Waals surface area contributed by atoms with E-state index in [9.17, 15) is 0 Å². The number of rotatable bonds is 5. The Morgan fingerprint density at radius 3 is 2.82 bits per heavy atom. The SMILES string of the molecule is CCCN(CCN)c1ncc2ccccc2n1. The van der Waals surface area contributed by atoms with Gasteiger partial charge in [0.05, 0.1) is 5.52 Å². The maximum atomic E-state index is 5.61. The van der Waals surface area contributed by atoms with Crippen molar-refractivity contribution in [2.45, 2.75) is 13.3 Å². The Morgan fingerprint density at radius 2 is 2.06 bits per heavy atom. The zero-order valence-electron chi connectivity index (χ0n) is 10.1. The van der Waals surface area contributed by atoms with Crippen molar-refractivity contribution in [1.82, 2.24) is 9.97 Å². The number of benzene rings is 1. The summed E-state index contributed by atoms with van der Waals surface area (Å²) in [4.78, 5) is 11.1. The Balaban J connectivity index is 2.32. The molecule has 0 aliphatic heterocycles. The Hall–Kier alpha value is -1.68. The van der Waals surface area contributed by atoms with Gasteiger partial charge in [-0.25, -0.2) is 9.97 Å². The summed E-state index contributed by atoms with van der Waals surface area (Å²) in [7, 11) is 0. The van der Waals surface area contributed by atoms with Gasteiger partial charge in [-0.05, 0) is 12.5 Å². The Bertz CT molecular complexity index is 478. The van der Waals surface area contributed by atoms with Crippen LogP contribution in [0.15, 0.2) is 30.5 Å². The van der Waals surface area contributed by atoms with Crippen LogP contribution in [0.3, 0.4) is 0 Å². The van der Waals surface area contributed by atoms with E-state index in [0.717, 1.165) is 36.4 Å². The van der Waals surface area contributed by atoms with E-state index in [1.54, 1.807) is 0 Å². The molecule has 90 valence electrons. The first-order valence-corrected chi connectivity index (χ1v) is 6.02.